The van der Waals surface area contributed by atoms with E-state index in [1.54, 1.807) is 12.4 Å². The van der Waals surface area contributed by atoms with Crippen molar-refractivity contribution >= 4 is 0 Å². The van der Waals surface area contributed by atoms with Crippen LogP contribution in [0.3, 0.4) is 0 Å². The fourth-order valence-corrected chi connectivity index (χ4v) is 0.627. The molecule has 80 valence electrons. The summed E-state index contributed by atoms with van der Waals surface area (Å²) < 4.78 is 0.820. The van der Waals surface area contributed by atoms with Crippen molar-refractivity contribution in [1.29, 1.82) is 0 Å². The van der Waals surface area contributed by atoms with Crippen molar-refractivity contribution in [3.63, 3.8) is 0 Å². The summed E-state index contributed by atoms with van der Waals surface area (Å²) in [5.41, 5.74) is 0. The monoisotopic (exact) mass is 199 g/mol. The summed E-state index contributed by atoms with van der Waals surface area (Å²) in [5, 5.41) is 7.92. The maximum absolute atomic E-state index is 7.92. The molecule has 4 nitrogen and oxygen atoms in total. The summed E-state index contributed by atoms with van der Waals surface area (Å²) in [5.74, 6) is 0. The third-order valence-corrected chi connectivity index (χ3v) is 1.42. The van der Waals surface area contributed by atoms with Crippen LogP contribution in [0.1, 0.15) is 0 Å². The van der Waals surface area contributed by atoms with Crippen LogP contribution in [0.4, 0.5) is 0 Å². The van der Waals surface area contributed by atoms with Gasteiger partial charge in [0, 0.05) is 12.4 Å². The van der Waals surface area contributed by atoms with Crippen molar-refractivity contribution in [2.75, 3.05) is 34.3 Å². The van der Waals surface area contributed by atoms with E-state index < -0.39 is 0 Å². The Morgan fingerprint density at radius 2 is 1.71 bits per heavy atom. The Morgan fingerprint density at radius 1 is 1.14 bits per heavy atom. The molecule has 1 aromatic rings. The SMILES string of the molecule is C[N+](C)(C)CCOO.c1ccncc1. The standard InChI is InChI=1S/C5H13NO2.C5H5N/c1-6(2,3)4-5-8-7;1-2-4-6-5-3-1/h4-5H2,1-3H3;1-5H/p+1. The van der Waals surface area contributed by atoms with Crippen LogP contribution in [0.5, 0.6) is 0 Å². The normalized spacial score (nSPS) is 10.3. The molecule has 0 aliphatic carbocycles. The summed E-state index contributed by atoms with van der Waals surface area (Å²) in [6.07, 6.45) is 3.50. The molecule has 0 aliphatic rings. The second-order valence-electron chi connectivity index (χ2n) is 3.87. The second kappa shape index (κ2) is 7.44. The van der Waals surface area contributed by atoms with Gasteiger partial charge < -0.3 is 4.48 Å². The quantitative estimate of drug-likeness (QED) is 0.453. The molecule has 0 aromatic carbocycles. The molecule has 0 bridgehead atoms. The molecule has 1 heterocycles. The van der Waals surface area contributed by atoms with E-state index in [9.17, 15) is 0 Å². The van der Waals surface area contributed by atoms with Crippen molar-refractivity contribution in [1.82, 2.24) is 4.98 Å². The molecule has 0 saturated carbocycles. The number of rotatable bonds is 3. The molecule has 4 heteroatoms. The van der Waals surface area contributed by atoms with E-state index in [-0.39, 0.29) is 0 Å². The summed E-state index contributed by atoms with van der Waals surface area (Å²) in [7, 11) is 6.12. The molecule has 0 saturated heterocycles. The van der Waals surface area contributed by atoms with Gasteiger partial charge in [0.25, 0.3) is 0 Å². The fourth-order valence-electron chi connectivity index (χ4n) is 0.627. The molecule has 1 aromatic heterocycles. The van der Waals surface area contributed by atoms with Crippen molar-refractivity contribution in [3.05, 3.63) is 30.6 Å². The number of aromatic nitrogens is 1. The van der Waals surface area contributed by atoms with Gasteiger partial charge in [-0.05, 0) is 12.1 Å². The minimum Gasteiger partial charge on any atom is -0.329 e. The highest BCUT2D eigenvalue weighted by molar-refractivity contribution is 4.88. The highest BCUT2D eigenvalue weighted by Gasteiger charge is 2.04. The smallest absolute Gasteiger partial charge is 0.131 e. The van der Waals surface area contributed by atoms with E-state index in [1.807, 2.05) is 39.3 Å². The molecule has 0 amide bonds. The summed E-state index contributed by atoms with van der Waals surface area (Å²) in [4.78, 5) is 7.69. The Bertz CT molecular complexity index is 182. The van der Waals surface area contributed by atoms with E-state index in [0.29, 0.717) is 6.61 Å². The van der Waals surface area contributed by atoms with Gasteiger partial charge in [-0.1, -0.05) is 6.07 Å². The van der Waals surface area contributed by atoms with Crippen LogP contribution in [0.2, 0.25) is 0 Å². The molecule has 1 rings (SSSR count). The van der Waals surface area contributed by atoms with Crippen molar-refractivity contribution < 1.29 is 14.6 Å². The van der Waals surface area contributed by atoms with Gasteiger partial charge in [0.1, 0.15) is 13.2 Å². The lowest BCUT2D eigenvalue weighted by molar-refractivity contribution is -0.871. The lowest BCUT2D eigenvalue weighted by Gasteiger charge is -2.22. The maximum atomic E-state index is 7.92. The summed E-state index contributed by atoms with van der Waals surface area (Å²) in [6.45, 7) is 1.24. The molecule has 0 fully saturated rings. The van der Waals surface area contributed by atoms with Crippen LogP contribution >= 0.6 is 0 Å². The van der Waals surface area contributed by atoms with E-state index in [4.69, 9.17) is 5.26 Å². The lowest BCUT2D eigenvalue weighted by atomic mass is 10.5. The first-order valence-corrected chi connectivity index (χ1v) is 4.48. The van der Waals surface area contributed by atoms with Gasteiger partial charge in [0.15, 0.2) is 0 Å². The topological polar surface area (TPSA) is 42.4 Å². The van der Waals surface area contributed by atoms with E-state index in [0.717, 1.165) is 11.0 Å². The van der Waals surface area contributed by atoms with Crippen molar-refractivity contribution in [2.24, 2.45) is 0 Å². The van der Waals surface area contributed by atoms with Crippen LogP contribution in [0.25, 0.3) is 0 Å². The molecule has 1 N–H and O–H groups in total. The van der Waals surface area contributed by atoms with Crippen molar-refractivity contribution in [2.45, 2.75) is 0 Å². The second-order valence-corrected chi connectivity index (χ2v) is 3.87. The van der Waals surface area contributed by atoms with Gasteiger partial charge in [-0.2, -0.15) is 0 Å². The molecule has 0 radical (unpaired) electrons. The zero-order valence-corrected chi connectivity index (χ0v) is 9.05. The predicted octanol–water partition coefficient (Wildman–Crippen LogP) is 1.26. The largest absolute Gasteiger partial charge is 0.329 e. The highest BCUT2D eigenvalue weighted by Crippen LogP contribution is 1.86. The van der Waals surface area contributed by atoms with E-state index in [2.05, 4.69) is 9.87 Å². The molecule has 0 unspecified atom stereocenters. The number of hydrogen-bond acceptors (Lipinski definition) is 3. The Morgan fingerprint density at radius 3 is 1.86 bits per heavy atom. The first kappa shape index (κ1) is 13.0. The first-order valence-electron chi connectivity index (χ1n) is 4.48. The van der Waals surface area contributed by atoms with Gasteiger partial charge >= 0.3 is 0 Å². The average molecular weight is 199 g/mol. The Balaban J connectivity index is 0.000000249. The molecule has 0 atom stereocenters. The van der Waals surface area contributed by atoms with Crippen molar-refractivity contribution in [3.8, 4) is 0 Å². The molecular weight excluding hydrogens is 180 g/mol. The first-order chi connectivity index (χ1) is 6.56. The van der Waals surface area contributed by atoms with Crippen LogP contribution in [-0.4, -0.2) is 49.0 Å². The van der Waals surface area contributed by atoms with Gasteiger partial charge in [0.2, 0.25) is 0 Å². The van der Waals surface area contributed by atoms with Crippen LogP contribution in [0.15, 0.2) is 30.6 Å². The van der Waals surface area contributed by atoms with Gasteiger partial charge in [0.05, 0.1) is 21.1 Å². The Hall–Kier alpha value is -0.970. The zero-order valence-electron chi connectivity index (χ0n) is 9.05. The van der Waals surface area contributed by atoms with Crippen LogP contribution in [0, 0.1) is 0 Å². The maximum Gasteiger partial charge on any atom is 0.131 e. The van der Waals surface area contributed by atoms with Crippen LogP contribution < -0.4 is 0 Å². The molecular formula is C10H19N2O2+. The Kier molecular flexibility index (Phi) is 6.92. The summed E-state index contributed by atoms with van der Waals surface area (Å²) >= 11 is 0. The van der Waals surface area contributed by atoms with Gasteiger partial charge in [-0.15, -0.1) is 0 Å². The predicted molar refractivity (Wildman–Crippen MR) is 55.7 cm³/mol. The number of pyridine rings is 1. The Labute approximate surface area is 85.3 Å². The number of likely N-dealkylation sites (N-methyl/N-ethyl adjacent to an activating group) is 1. The van der Waals surface area contributed by atoms with E-state index in [1.165, 1.54) is 0 Å². The third kappa shape index (κ3) is 11.0. The zero-order chi connectivity index (χ0) is 10.9. The molecule has 14 heavy (non-hydrogen) atoms. The van der Waals surface area contributed by atoms with E-state index >= 15 is 0 Å². The lowest BCUT2D eigenvalue weighted by Crippen LogP contribution is -2.37. The average Bonchev–Trinajstić information content (AvgIpc) is 2.17. The summed E-state index contributed by atoms with van der Waals surface area (Å²) in [6, 6.07) is 5.72. The molecule has 0 spiro atoms. The fraction of sp³-hybridized carbons (Fsp3) is 0.500. The minimum atomic E-state index is 0.406. The van der Waals surface area contributed by atoms with Gasteiger partial charge in [-0.25, -0.2) is 4.89 Å². The third-order valence-electron chi connectivity index (χ3n) is 1.42. The van der Waals surface area contributed by atoms with Gasteiger partial charge in [-0.3, -0.25) is 10.2 Å². The molecule has 0 aliphatic heterocycles. The number of hydrogen-bond donors (Lipinski definition) is 1. The number of nitrogens with zero attached hydrogens (tertiary/aromatic N) is 2. The highest BCUT2D eigenvalue weighted by atomic mass is 17.1. The number of quaternary nitrogens is 1. The van der Waals surface area contributed by atoms with Crippen LogP contribution in [-0.2, 0) is 4.89 Å². The minimum absolute atomic E-state index is 0.406.